The Kier molecular flexibility index (Phi) is 4.02. The van der Waals surface area contributed by atoms with Crippen molar-refractivity contribution in [2.24, 2.45) is 5.73 Å². The zero-order valence-electron chi connectivity index (χ0n) is 11.7. The van der Waals surface area contributed by atoms with Gasteiger partial charge in [0.2, 0.25) is 10.0 Å². The topological polar surface area (TPSA) is 81.4 Å². The Balaban J connectivity index is 1.99. The molecule has 0 aromatic heterocycles. The van der Waals surface area contributed by atoms with Crippen LogP contribution in [0.3, 0.4) is 0 Å². The van der Waals surface area contributed by atoms with Crippen LogP contribution < -0.4 is 15.2 Å². The molecule has 21 heavy (non-hydrogen) atoms. The van der Waals surface area contributed by atoms with Crippen LogP contribution in [0.15, 0.2) is 21.5 Å². The van der Waals surface area contributed by atoms with Gasteiger partial charge < -0.3 is 10.5 Å². The highest BCUT2D eigenvalue weighted by molar-refractivity contribution is 9.10. The van der Waals surface area contributed by atoms with Crippen molar-refractivity contribution in [3.8, 4) is 5.75 Å². The summed E-state index contributed by atoms with van der Waals surface area (Å²) in [5, 5.41) is 0. The third-order valence-electron chi connectivity index (χ3n) is 4.31. The van der Waals surface area contributed by atoms with Crippen molar-refractivity contribution >= 4 is 26.0 Å². The van der Waals surface area contributed by atoms with Gasteiger partial charge in [0, 0.05) is 28.5 Å². The van der Waals surface area contributed by atoms with Gasteiger partial charge in [0.1, 0.15) is 10.6 Å². The maximum Gasteiger partial charge on any atom is 0.244 e. The molecule has 0 bridgehead atoms. The first-order chi connectivity index (χ1) is 9.96. The maximum absolute atomic E-state index is 12.8. The Hall–Kier alpha value is -0.630. The van der Waals surface area contributed by atoms with Gasteiger partial charge in [-0.15, -0.1) is 0 Å². The fourth-order valence-electron chi connectivity index (χ4n) is 3.17. The number of hydrogen-bond acceptors (Lipinski definition) is 4. The van der Waals surface area contributed by atoms with Crippen LogP contribution in [0.25, 0.3) is 0 Å². The third-order valence-corrected chi connectivity index (χ3v) is 6.35. The fourth-order valence-corrected chi connectivity index (χ4v) is 5.51. The number of nitrogens with one attached hydrogen (secondary N) is 1. The van der Waals surface area contributed by atoms with E-state index in [1.807, 2.05) is 6.07 Å². The zero-order chi connectivity index (χ0) is 15.1. The number of sulfonamides is 1. The zero-order valence-corrected chi connectivity index (χ0v) is 14.1. The molecular weight excluding hydrogens is 356 g/mol. The quantitative estimate of drug-likeness (QED) is 0.843. The molecule has 3 rings (SSSR count). The van der Waals surface area contributed by atoms with Crippen molar-refractivity contribution in [3.63, 3.8) is 0 Å². The van der Waals surface area contributed by atoms with Crippen LogP contribution >= 0.6 is 15.9 Å². The molecule has 7 heteroatoms. The highest BCUT2D eigenvalue weighted by Crippen LogP contribution is 2.37. The van der Waals surface area contributed by atoms with Gasteiger partial charge in [-0.3, -0.25) is 0 Å². The second kappa shape index (κ2) is 5.53. The van der Waals surface area contributed by atoms with Crippen LogP contribution in [0.5, 0.6) is 5.75 Å². The molecule has 0 atom stereocenters. The molecule has 5 nitrogen and oxygen atoms in total. The first-order valence-corrected chi connectivity index (χ1v) is 9.43. The molecule has 2 aliphatic rings. The van der Waals surface area contributed by atoms with Gasteiger partial charge in [0.15, 0.2) is 0 Å². The Morgan fingerprint density at radius 2 is 2.05 bits per heavy atom. The van der Waals surface area contributed by atoms with Gasteiger partial charge in [-0.2, -0.15) is 0 Å². The van der Waals surface area contributed by atoms with Crippen molar-refractivity contribution in [2.75, 3.05) is 13.2 Å². The van der Waals surface area contributed by atoms with E-state index in [-0.39, 0.29) is 4.90 Å². The standard InChI is InChI=1S/C14H19BrN2O3S/c15-11-7-10-3-6-20-13(10)12(8-11)21(18,19)17-14(9-16)4-1-2-5-14/h7-8,17H,1-6,9,16H2. The maximum atomic E-state index is 12.8. The number of hydrogen-bond donors (Lipinski definition) is 2. The molecule has 0 saturated heterocycles. The first kappa shape index (κ1) is 15.3. The molecule has 1 aromatic carbocycles. The van der Waals surface area contributed by atoms with Crippen LogP contribution in [-0.2, 0) is 16.4 Å². The van der Waals surface area contributed by atoms with Gasteiger partial charge in [-0.1, -0.05) is 28.8 Å². The number of rotatable bonds is 4. The summed E-state index contributed by atoms with van der Waals surface area (Å²) in [5.74, 6) is 0.482. The van der Waals surface area contributed by atoms with E-state index in [1.165, 1.54) is 0 Å². The van der Waals surface area contributed by atoms with Gasteiger partial charge in [0.25, 0.3) is 0 Å². The average molecular weight is 375 g/mol. The Bertz CT molecular complexity index is 654. The molecule has 0 radical (unpaired) electrons. The smallest absolute Gasteiger partial charge is 0.244 e. The van der Waals surface area contributed by atoms with Crippen molar-refractivity contribution < 1.29 is 13.2 Å². The Morgan fingerprint density at radius 1 is 1.33 bits per heavy atom. The fraction of sp³-hybridized carbons (Fsp3) is 0.571. The van der Waals surface area contributed by atoms with Crippen LogP contribution in [0.1, 0.15) is 31.2 Å². The van der Waals surface area contributed by atoms with Gasteiger partial charge in [0.05, 0.1) is 6.61 Å². The van der Waals surface area contributed by atoms with Gasteiger partial charge in [-0.25, -0.2) is 13.1 Å². The summed E-state index contributed by atoms with van der Waals surface area (Å²) >= 11 is 3.38. The van der Waals surface area contributed by atoms with E-state index in [2.05, 4.69) is 20.7 Å². The van der Waals surface area contributed by atoms with Crippen LogP contribution in [0.2, 0.25) is 0 Å². The third kappa shape index (κ3) is 2.84. The van der Waals surface area contributed by atoms with Crippen molar-refractivity contribution in [1.29, 1.82) is 0 Å². The molecule has 0 amide bonds. The summed E-state index contributed by atoms with van der Waals surface area (Å²) in [4.78, 5) is 0.212. The van der Waals surface area contributed by atoms with E-state index >= 15 is 0 Å². The van der Waals surface area contributed by atoms with E-state index in [4.69, 9.17) is 10.5 Å². The summed E-state index contributed by atoms with van der Waals surface area (Å²) in [5.41, 5.74) is 6.25. The van der Waals surface area contributed by atoms with Gasteiger partial charge >= 0.3 is 0 Å². The second-order valence-corrected chi connectivity index (χ2v) is 8.35. The van der Waals surface area contributed by atoms with E-state index in [9.17, 15) is 8.42 Å². The molecule has 1 aliphatic heterocycles. The molecular formula is C14H19BrN2O3S. The predicted molar refractivity (Wildman–Crippen MR) is 83.9 cm³/mol. The number of ether oxygens (including phenoxy) is 1. The van der Waals surface area contributed by atoms with E-state index in [0.717, 1.165) is 42.1 Å². The minimum atomic E-state index is -3.65. The number of halogens is 1. The van der Waals surface area contributed by atoms with Crippen LogP contribution in [0.4, 0.5) is 0 Å². The minimum absolute atomic E-state index is 0.212. The largest absolute Gasteiger partial charge is 0.492 e. The lowest BCUT2D eigenvalue weighted by atomic mass is 10.0. The number of nitrogens with two attached hydrogens (primary N) is 1. The average Bonchev–Trinajstić information content (AvgIpc) is 3.06. The number of benzene rings is 1. The summed E-state index contributed by atoms with van der Waals surface area (Å²) in [7, 11) is -3.65. The lowest BCUT2D eigenvalue weighted by Crippen LogP contribution is -2.51. The summed E-state index contributed by atoms with van der Waals surface area (Å²) in [6.45, 7) is 0.847. The minimum Gasteiger partial charge on any atom is -0.492 e. The molecule has 0 unspecified atom stereocenters. The summed E-state index contributed by atoms with van der Waals surface area (Å²) < 4.78 is 34.7. The highest BCUT2D eigenvalue weighted by atomic mass is 79.9. The number of fused-ring (bicyclic) bond motifs is 1. The lowest BCUT2D eigenvalue weighted by Gasteiger charge is -2.28. The molecule has 1 heterocycles. The SMILES string of the molecule is NCC1(NS(=O)(=O)c2cc(Br)cc3c2OCC3)CCCC1. The van der Waals surface area contributed by atoms with Crippen molar-refractivity contribution in [2.45, 2.75) is 42.5 Å². The summed E-state index contributed by atoms with van der Waals surface area (Å²) in [6.07, 6.45) is 4.33. The van der Waals surface area contributed by atoms with E-state index in [0.29, 0.717) is 18.9 Å². The monoisotopic (exact) mass is 374 g/mol. The predicted octanol–water partition coefficient (Wildman–Crippen LogP) is 1.93. The van der Waals surface area contributed by atoms with Crippen molar-refractivity contribution in [1.82, 2.24) is 4.72 Å². The second-order valence-electron chi connectivity index (χ2n) is 5.79. The van der Waals surface area contributed by atoms with Gasteiger partial charge in [-0.05, 0) is 25.0 Å². The first-order valence-electron chi connectivity index (χ1n) is 7.15. The molecule has 116 valence electrons. The molecule has 1 fully saturated rings. The van der Waals surface area contributed by atoms with E-state index in [1.54, 1.807) is 6.07 Å². The Morgan fingerprint density at radius 3 is 2.71 bits per heavy atom. The molecule has 3 N–H and O–H groups in total. The normalized spacial score (nSPS) is 20.3. The summed E-state index contributed by atoms with van der Waals surface area (Å²) in [6, 6.07) is 3.52. The molecule has 0 spiro atoms. The molecule has 1 aromatic rings. The van der Waals surface area contributed by atoms with Crippen LogP contribution in [-0.4, -0.2) is 27.1 Å². The lowest BCUT2D eigenvalue weighted by molar-refractivity contribution is 0.347. The molecule has 1 aliphatic carbocycles. The van der Waals surface area contributed by atoms with Crippen molar-refractivity contribution in [3.05, 3.63) is 22.2 Å². The Labute approximate surface area is 133 Å². The molecule has 1 saturated carbocycles. The van der Waals surface area contributed by atoms with E-state index < -0.39 is 15.6 Å². The highest BCUT2D eigenvalue weighted by Gasteiger charge is 2.38. The van der Waals surface area contributed by atoms with Crippen LogP contribution in [0, 0.1) is 0 Å².